The van der Waals surface area contributed by atoms with E-state index >= 15 is 0 Å². The molecule has 0 spiro atoms. The van der Waals surface area contributed by atoms with E-state index in [0.29, 0.717) is 5.76 Å². The lowest BCUT2D eigenvalue weighted by Gasteiger charge is -2.03. The predicted molar refractivity (Wildman–Crippen MR) is 69.0 cm³/mol. The van der Waals surface area contributed by atoms with Crippen molar-refractivity contribution >= 4 is 11.6 Å². The Morgan fingerprint density at radius 3 is 2.85 bits per heavy atom. The van der Waals surface area contributed by atoms with Crippen LogP contribution >= 0.6 is 11.6 Å². The Labute approximate surface area is 117 Å². The number of halogens is 2. The van der Waals surface area contributed by atoms with Gasteiger partial charge in [-0.3, -0.25) is 0 Å². The van der Waals surface area contributed by atoms with Crippen molar-refractivity contribution in [3.8, 4) is 11.7 Å². The number of furan rings is 1. The Morgan fingerprint density at radius 1 is 1.30 bits per heavy atom. The summed E-state index contributed by atoms with van der Waals surface area (Å²) in [7, 11) is 0. The molecule has 3 aromatic rings. The maximum absolute atomic E-state index is 13.7. The lowest BCUT2D eigenvalue weighted by atomic mass is 10.2. The van der Waals surface area contributed by atoms with Crippen LogP contribution in [0.15, 0.2) is 50.2 Å². The number of nitrogens with zero attached hydrogens (tertiary/aromatic N) is 2. The second kappa shape index (κ2) is 4.97. The van der Waals surface area contributed by atoms with Crippen LogP contribution in [0.3, 0.4) is 0 Å². The second-order valence-corrected chi connectivity index (χ2v) is 4.42. The minimum atomic E-state index is -0.712. The lowest BCUT2D eigenvalue weighted by molar-refractivity contribution is 0.474. The van der Waals surface area contributed by atoms with Gasteiger partial charge < -0.3 is 8.83 Å². The molecule has 0 saturated carbocycles. The molecule has 0 radical (unpaired) electrons. The summed E-state index contributed by atoms with van der Waals surface area (Å²) in [6.45, 7) is -0.117. The maximum atomic E-state index is 13.7. The van der Waals surface area contributed by atoms with E-state index in [0.717, 1.165) is 4.68 Å². The van der Waals surface area contributed by atoms with Crippen molar-refractivity contribution in [2.45, 2.75) is 6.54 Å². The fourth-order valence-corrected chi connectivity index (χ4v) is 1.96. The Hall–Kier alpha value is -2.34. The first kappa shape index (κ1) is 12.7. The molecule has 0 saturated heterocycles. The molecule has 0 N–H and O–H groups in total. The van der Waals surface area contributed by atoms with Gasteiger partial charge in [-0.2, -0.15) is 4.68 Å². The molecule has 0 aliphatic carbocycles. The van der Waals surface area contributed by atoms with Gasteiger partial charge in [-0.25, -0.2) is 9.18 Å². The summed E-state index contributed by atoms with van der Waals surface area (Å²) in [4.78, 5) is 11.7. The van der Waals surface area contributed by atoms with E-state index in [2.05, 4.69) is 5.10 Å². The molecule has 0 unspecified atom stereocenters. The van der Waals surface area contributed by atoms with Crippen molar-refractivity contribution in [3.05, 3.63) is 63.5 Å². The normalized spacial score (nSPS) is 10.9. The molecular formula is C13H8ClFN2O3. The van der Waals surface area contributed by atoms with Gasteiger partial charge in [0.05, 0.1) is 12.8 Å². The van der Waals surface area contributed by atoms with Gasteiger partial charge in [-0.1, -0.05) is 17.7 Å². The molecule has 0 atom stereocenters. The number of rotatable bonds is 3. The summed E-state index contributed by atoms with van der Waals surface area (Å²) in [5.41, 5.74) is 0.176. The Kier molecular flexibility index (Phi) is 3.15. The molecule has 0 bridgehead atoms. The van der Waals surface area contributed by atoms with Crippen LogP contribution < -0.4 is 5.76 Å². The smallest absolute Gasteiger partial charge is 0.437 e. The molecule has 0 fully saturated rings. The highest BCUT2D eigenvalue weighted by atomic mass is 35.5. The number of hydrogen-bond donors (Lipinski definition) is 0. The molecule has 102 valence electrons. The highest BCUT2D eigenvalue weighted by molar-refractivity contribution is 6.31. The number of aromatic nitrogens is 2. The SMILES string of the molecule is O=c1oc(-c2ccco2)nn1Cc1c(F)cccc1Cl. The van der Waals surface area contributed by atoms with Crippen molar-refractivity contribution < 1.29 is 13.2 Å². The van der Waals surface area contributed by atoms with Crippen molar-refractivity contribution in [1.29, 1.82) is 0 Å². The molecular weight excluding hydrogens is 287 g/mol. The second-order valence-electron chi connectivity index (χ2n) is 4.01. The summed E-state index contributed by atoms with van der Waals surface area (Å²) in [6, 6.07) is 7.53. The van der Waals surface area contributed by atoms with Crippen LogP contribution in [0.25, 0.3) is 11.7 Å². The van der Waals surface area contributed by atoms with Gasteiger partial charge in [-0.15, -0.1) is 5.10 Å². The average Bonchev–Trinajstić information content (AvgIpc) is 3.04. The lowest BCUT2D eigenvalue weighted by Crippen LogP contribution is -2.17. The van der Waals surface area contributed by atoms with E-state index in [9.17, 15) is 9.18 Å². The molecule has 1 aromatic carbocycles. The van der Waals surface area contributed by atoms with Crippen LogP contribution in [-0.4, -0.2) is 9.78 Å². The number of hydrogen-bond acceptors (Lipinski definition) is 4. The van der Waals surface area contributed by atoms with Gasteiger partial charge in [0.1, 0.15) is 5.82 Å². The minimum absolute atomic E-state index is 0.0347. The zero-order valence-corrected chi connectivity index (χ0v) is 10.8. The topological polar surface area (TPSA) is 61.2 Å². The van der Waals surface area contributed by atoms with Crippen molar-refractivity contribution in [2.75, 3.05) is 0 Å². The number of benzene rings is 1. The minimum Gasteiger partial charge on any atom is -0.459 e. The van der Waals surface area contributed by atoms with E-state index in [1.807, 2.05) is 0 Å². The van der Waals surface area contributed by atoms with E-state index in [1.54, 1.807) is 18.2 Å². The van der Waals surface area contributed by atoms with Gasteiger partial charge in [0.2, 0.25) is 0 Å². The summed E-state index contributed by atoms with van der Waals surface area (Å²) >= 11 is 5.91. The molecule has 5 nitrogen and oxygen atoms in total. The van der Waals surface area contributed by atoms with Gasteiger partial charge in [0, 0.05) is 10.6 Å². The van der Waals surface area contributed by atoms with Gasteiger partial charge >= 0.3 is 5.76 Å². The highest BCUT2D eigenvalue weighted by Crippen LogP contribution is 2.20. The van der Waals surface area contributed by atoms with Crippen LogP contribution in [0.2, 0.25) is 5.02 Å². The predicted octanol–water partition coefficient (Wildman–Crippen LogP) is 2.94. The first-order valence-corrected chi connectivity index (χ1v) is 6.07. The largest absolute Gasteiger partial charge is 0.459 e. The van der Waals surface area contributed by atoms with Crippen LogP contribution in [0.5, 0.6) is 0 Å². The van der Waals surface area contributed by atoms with Crippen molar-refractivity contribution in [1.82, 2.24) is 9.78 Å². The molecule has 7 heteroatoms. The molecule has 0 aliphatic heterocycles. The molecule has 0 amide bonds. The molecule has 20 heavy (non-hydrogen) atoms. The van der Waals surface area contributed by atoms with Crippen LogP contribution in [0.4, 0.5) is 4.39 Å². The van der Waals surface area contributed by atoms with Gasteiger partial charge in [0.25, 0.3) is 5.89 Å². The molecule has 2 heterocycles. The standard InChI is InChI=1S/C13H8ClFN2O3/c14-9-3-1-4-10(15)8(9)7-17-13(18)20-12(16-17)11-5-2-6-19-11/h1-6H,7H2. The van der Waals surface area contributed by atoms with E-state index in [-0.39, 0.29) is 23.0 Å². The Balaban J connectivity index is 1.98. The van der Waals surface area contributed by atoms with Crippen LogP contribution in [0.1, 0.15) is 5.56 Å². The average molecular weight is 295 g/mol. The Morgan fingerprint density at radius 2 is 2.15 bits per heavy atom. The fourth-order valence-electron chi connectivity index (χ4n) is 1.74. The first-order chi connectivity index (χ1) is 9.65. The fraction of sp³-hybridized carbons (Fsp3) is 0.0769. The van der Waals surface area contributed by atoms with Gasteiger partial charge in [-0.05, 0) is 24.3 Å². The summed E-state index contributed by atoms with van der Waals surface area (Å²) in [5.74, 6) is -0.865. The van der Waals surface area contributed by atoms with Crippen LogP contribution in [-0.2, 0) is 6.54 Å². The van der Waals surface area contributed by atoms with E-state index in [1.165, 1.54) is 18.4 Å². The highest BCUT2D eigenvalue weighted by Gasteiger charge is 2.15. The van der Waals surface area contributed by atoms with Crippen molar-refractivity contribution in [3.63, 3.8) is 0 Å². The van der Waals surface area contributed by atoms with E-state index in [4.69, 9.17) is 20.4 Å². The summed E-state index contributed by atoms with van der Waals surface area (Å²) < 4.78 is 24.7. The third-order valence-corrected chi connectivity index (χ3v) is 3.06. The third kappa shape index (κ3) is 2.25. The monoisotopic (exact) mass is 294 g/mol. The summed E-state index contributed by atoms with van der Waals surface area (Å²) in [5, 5.41) is 4.17. The maximum Gasteiger partial charge on any atom is 0.437 e. The zero-order chi connectivity index (χ0) is 14.1. The quantitative estimate of drug-likeness (QED) is 0.745. The molecule has 2 aromatic heterocycles. The Bertz CT molecular complexity index is 772. The first-order valence-electron chi connectivity index (χ1n) is 5.70. The van der Waals surface area contributed by atoms with E-state index < -0.39 is 11.6 Å². The zero-order valence-electron chi connectivity index (χ0n) is 10.0. The van der Waals surface area contributed by atoms with Gasteiger partial charge in [0.15, 0.2) is 5.76 Å². The third-order valence-electron chi connectivity index (χ3n) is 2.71. The summed E-state index contributed by atoms with van der Waals surface area (Å²) in [6.07, 6.45) is 1.43. The van der Waals surface area contributed by atoms with Crippen LogP contribution in [0, 0.1) is 5.82 Å². The molecule has 3 rings (SSSR count). The molecule has 0 aliphatic rings. The van der Waals surface area contributed by atoms with Crippen molar-refractivity contribution in [2.24, 2.45) is 0 Å².